The van der Waals surface area contributed by atoms with Gasteiger partial charge < -0.3 is 10.1 Å². The van der Waals surface area contributed by atoms with E-state index in [-0.39, 0.29) is 11.9 Å². The summed E-state index contributed by atoms with van der Waals surface area (Å²) in [5.41, 5.74) is -0.0269. The van der Waals surface area contributed by atoms with E-state index in [1.807, 2.05) is 6.92 Å². The Morgan fingerprint density at radius 1 is 1.07 bits per heavy atom. The number of allylic oxidation sites excluding steroid dienone is 1. The molecule has 1 aliphatic rings. The normalized spacial score (nSPS) is 18.2. The van der Waals surface area contributed by atoms with E-state index < -0.39 is 5.54 Å². The molecule has 1 aliphatic heterocycles. The average molecular weight is 378 g/mol. The van der Waals surface area contributed by atoms with E-state index in [1.165, 1.54) is 44.6 Å². The quantitative estimate of drug-likeness (QED) is 0.251. The fraction of sp³-hybridized carbons (Fsp3) is 0.714. The number of nitrogens with zero attached hydrogens (tertiary/aromatic N) is 2. The van der Waals surface area contributed by atoms with Gasteiger partial charge in [-0.15, -0.1) is 0 Å². The maximum atomic E-state index is 12.1. The van der Waals surface area contributed by atoms with Crippen molar-refractivity contribution in [2.45, 2.75) is 83.6 Å². The Labute approximate surface area is 163 Å². The third kappa shape index (κ3) is 10.1. The van der Waals surface area contributed by atoms with Gasteiger partial charge in [0, 0.05) is 12.6 Å². The summed E-state index contributed by atoms with van der Waals surface area (Å²) in [4.78, 5) is 23.0. The zero-order valence-electron chi connectivity index (χ0n) is 17.0. The van der Waals surface area contributed by atoms with E-state index in [0.29, 0.717) is 13.2 Å². The standard InChI is InChI=1S/C21H35N3O3/c1-4-19(25)27-16-14-12-10-8-6-5-7-9-11-13-15-22-20(26)21(3)17-18(2)23-24-21/h4,17H,1,5-16H2,2-3H3,(H,22,26). The minimum atomic E-state index is -0.822. The van der Waals surface area contributed by atoms with Crippen molar-refractivity contribution in [1.82, 2.24) is 5.32 Å². The number of nitrogens with one attached hydrogen (secondary N) is 1. The number of carbonyl (C=O) groups excluding carboxylic acids is 2. The first-order chi connectivity index (χ1) is 13.0. The van der Waals surface area contributed by atoms with Crippen LogP contribution in [0.3, 0.4) is 0 Å². The molecule has 1 rings (SSSR count). The Morgan fingerprint density at radius 2 is 1.63 bits per heavy atom. The molecule has 0 aliphatic carbocycles. The van der Waals surface area contributed by atoms with E-state index in [1.54, 1.807) is 13.0 Å². The van der Waals surface area contributed by atoms with Crippen LogP contribution in [0.1, 0.15) is 78.1 Å². The highest BCUT2D eigenvalue weighted by Crippen LogP contribution is 2.23. The molecule has 0 bridgehead atoms. The second-order valence-corrected chi connectivity index (χ2v) is 7.30. The third-order valence-corrected chi connectivity index (χ3v) is 4.63. The lowest BCUT2D eigenvalue weighted by Gasteiger charge is -2.15. The lowest BCUT2D eigenvalue weighted by atomic mass is 10.0. The molecular formula is C21H35N3O3. The Kier molecular flexibility index (Phi) is 11.3. The van der Waals surface area contributed by atoms with Crippen molar-refractivity contribution < 1.29 is 14.3 Å². The van der Waals surface area contributed by atoms with Gasteiger partial charge in [-0.2, -0.15) is 10.2 Å². The molecule has 1 atom stereocenters. The van der Waals surface area contributed by atoms with Gasteiger partial charge in [0.25, 0.3) is 5.91 Å². The van der Waals surface area contributed by atoms with Gasteiger partial charge in [0.2, 0.25) is 0 Å². The highest BCUT2D eigenvalue weighted by molar-refractivity contribution is 5.88. The predicted molar refractivity (Wildman–Crippen MR) is 107 cm³/mol. The van der Waals surface area contributed by atoms with Crippen LogP contribution in [0.5, 0.6) is 0 Å². The van der Waals surface area contributed by atoms with Gasteiger partial charge >= 0.3 is 5.97 Å². The molecule has 0 saturated carbocycles. The Morgan fingerprint density at radius 3 is 2.15 bits per heavy atom. The SMILES string of the molecule is C=CC(=O)OCCCCCCCCCCCCNC(=O)C1(C)C=C(C)N=N1. The number of hydrogen-bond acceptors (Lipinski definition) is 5. The molecule has 0 radical (unpaired) electrons. The van der Waals surface area contributed by atoms with E-state index >= 15 is 0 Å². The molecule has 27 heavy (non-hydrogen) atoms. The molecule has 0 saturated heterocycles. The first-order valence-electron chi connectivity index (χ1n) is 10.2. The summed E-state index contributed by atoms with van der Waals surface area (Å²) in [5.74, 6) is -0.401. The summed E-state index contributed by atoms with van der Waals surface area (Å²) in [6, 6.07) is 0. The number of ether oxygens (including phenoxy) is 1. The molecule has 6 heteroatoms. The molecule has 0 spiro atoms. The van der Waals surface area contributed by atoms with Crippen molar-refractivity contribution in [3.8, 4) is 0 Å². The molecule has 1 amide bonds. The second-order valence-electron chi connectivity index (χ2n) is 7.30. The van der Waals surface area contributed by atoms with Crippen molar-refractivity contribution >= 4 is 11.9 Å². The molecular weight excluding hydrogens is 342 g/mol. The average Bonchev–Trinajstić information content (AvgIpc) is 3.01. The zero-order chi connectivity index (χ0) is 20.0. The minimum absolute atomic E-state index is 0.0673. The fourth-order valence-electron chi connectivity index (χ4n) is 3.01. The van der Waals surface area contributed by atoms with Crippen molar-refractivity contribution in [3.05, 3.63) is 24.4 Å². The van der Waals surface area contributed by atoms with Crippen molar-refractivity contribution in [2.75, 3.05) is 13.2 Å². The molecule has 0 aromatic carbocycles. The van der Waals surface area contributed by atoms with E-state index in [4.69, 9.17) is 4.74 Å². The topological polar surface area (TPSA) is 80.1 Å². The summed E-state index contributed by atoms with van der Waals surface area (Å²) in [7, 11) is 0. The molecule has 1 heterocycles. The predicted octanol–water partition coefficient (Wildman–Crippen LogP) is 4.86. The van der Waals surface area contributed by atoms with Gasteiger partial charge in [-0.1, -0.05) is 57.9 Å². The van der Waals surface area contributed by atoms with Crippen molar-refractivity contribution in [2.24, 2.45) is 10.2 Å². The number of rotatable bonds is 15. The first-order valence-corrected chi connectivity index (χ1v) is 10.2. The zero-order valence-corrected chi connectivity index (χ0v) is 17.0. The summed E-state index contributed by atoms with van der Waals surface area (Å²) < 4.78 is 4.94. The second kappa shape index (κ2) is 13.2. The largest absolute Gasteiger partial charge is 0.463 e. The minimum Gasteiger partial charge on any atom is -0.463 e. The fourth-order valence-corrected chi connectivity index (χ4v) is 3.01. The number of amides is 1. The van der Waals surface area contributed by atoms with Crippen LogP contribution in [0.25, 0.3) is 0 Å². The molecule has 0 aromatic heterocycles. The Hall–Kier alpha value is -1.98. The van der Waals surface area contributed by atoms with Crippen LogP contribution in [0.2, 0.25) is 0 Å². The first kappa shape index (κ1) is 23.1. The molecule has 1 N–H and O–H groups in total. The maximum Gasteiger partial charge on any atom is 0.330 e. The molecule has 0 aromatic rings. The van der Waals surface area contributed by atoms with Gasteiger partial charge in [-0.25, -0.2) is 4.79 Å². The van der Waals surface area contributed by atoms with Crippen LogP contribution in [0.4, 0.5) is 0 Å². The molecule has 1 unspecified atom stereocenters. The van der Waals surface area contributed by atoms with Crippen LogP contribution >= 0.6 is 0 Å². The van der Waals surface area contributed by atoms with Crippen LogP contribution in [0.15, 0.2) is 34.7 Å². The van der Waals surface area contributed by atoms with Crippen LogP contribution < -0.4 is 5.32 Å². The monoisotopic (exact) mass is 377 g/mol. The van der Waals surface area contributed by atoms with E-state index in [0.717, 1.165) is 31.4 Å². The summed E-state index contributed by atoms with van der Waals surface area (Å²) in [6.45, 7) is 8.21. The molecule has 6 nitrogen and oxygen atoms in total. The number of hydrogen-bond donors (Lipinski definition) is 1. The molecule has 0 fully saturated rings. The van der Waals surface area contributed by atoms with Crippen LogP contribution in [-0.4, -0.2) is 30.6 Å². The van der Waals surface area contributed by atoms with E-state index in [9.17, 15) is 9.59 Å². The van der Waals surface area contributed by atoms with Gasteiger partial charge in [-0.05, 0) is 32.8 Å². The number of carbonyl (C=O) groups is 2. The lowest BCUT2D eigenvalue weighted by Crippen LogP contribution is -2.41. The Balaban J connectivity index is 1.84. The maximum absolute atomic E-state index is 12.1. The van der Waals surface area contributed by atoms with Crippen LogP contribution in [0, 0.1) is 0 Å². The van der Waals surface area contributed by atoms with Gasteiger partial charge in [0.15, 0.2) is 5.54 Å². The summed E-state index contributed by atoms with van der Waals surface area (Å²) in [6.07, 6.45) is 14.6. The van der Waals surface area contributed by atoms with Crippen LogP contribution in [-0.2, 0) is 14.3 Å². The number of esters is 1. The van der Waals surface area contributed by atoms with Gasteiger partial charge in [0.1, 0.15) is 0 Å². The van der Waals surface area contributed by atoms with Crippen molar-refractivity contribution in [1.29, 1.82) is 0 Å². The lowest BCUT2D eigenvalue weighted by molar-refractivity contribution is -0.137. The highest BCUT2D eigenvalue weighted by atomic mass is 16.5. The number of unbranched alkanes of at least 4 members (excludes halogenated alkanes) is 9. The summed E-state index contributed by atoms with van der Waals surface area (Å²) in [5, 5.41) is 10.9. The third-order valence-electron chi connectivity index (χ3n) is 4.63. The van der Waals surface area contributed by atoms with E-state index in [2.05, 4.69) is 22.1 Å². The van der Waals surface area contributed by atoms with Crippen molar-refractivity contribution in [3.63, 3.8) is 0 Å². The van der Waals surface area contributed by atoms with Gasteiger partial charge in [-0.3, -0.25) is 4.79 Å². The summed E-state index contributed by atoms with van der Waals surface area (Å²) >= 11 is 0. The highest BCUT2D eigenvalue weighted by Gasteiger charge is 2.33. The Bertz CT molecular complexity index is 543. The van der Waals surface area contributed by atoms with Gasteiger partial charge in [0.05, 0.1) is 12.3 Å². The smallest absolute Gasteiger partial charge is 0.330 e. The number of azo groups is 1. The molecule has 152 valence electrons.